The van der Waals surface area contributed by atoms with Crippen molar-refractivity contribution >= 4 is 5.91 Å². The van der Waals surface area contributed by atoms with E-state index in [0.29, 0.717) is 5.75 Å². The van der Waals surface area contributed by atoms with E-state index in [9.17, 15) is 4.79 Å². The van der Waals surface area contributed by atoms with Gasteiger partial charge in [0.15, 0.2) is 6.10 Å². The summed E-state index contributed by atoms with van der Waals surface area (Å²) in [6.45, 7) is 11.0. The van der Waals surface area contributed by atoms with E-state index in [-0.39, 0.29) is 23.5 Å². The highest BCUT2D eigenvalue weighted by Crippen LogP contribution is 2.46. The van der Waals surface area contributed by atoms with Crippen LogP contribution in [-0.2, 0) is 11.4 Å². The molecule has 116 valence electrons. The summed E-state index contributed by atoms with van der Waals surface area (Å²) in [6.07, 6.45) is -0.533. The second-order valence-electron chi connectivity index (χ2n) is 6.93. The van der Waals surface area contributed by atoms with E-state index in [1.54, 1.807) is 19.1 Å². The topological polar surface area (TPSA) is 49.8 Å². The Hall–Kier alpha value is -1.55. The molecule has 1 unspecified atom stereocenters. The highest BCUT2D eigenvalue weighted by atomic mass is 16.5. The summed E-state index contributed by atoms with van der Waals surface area (Å²) in [4.78, 5) is 14.4. The van der Waals surface area contributed by atoms with Gasteiger partial charge >= 0.3 is 0 Å². The molecule has 0 saturated carbocycles. The van der Waals surface area contributed by atoms with E-state index in [1.807, 2.05) is 17.0 Å². The number of aliphatic hydroxyl groups excluding tert-OH is 1. The number of aliphatic hydroxyl groups is 1. The number of nitrogens with zero attached hydrogens (tertiary/aromatic N) is 1. The fourth-order valence-corrected chi connectivity index (χ4v) is 2.61. The summed E-state index contributed by atoms with van der Waals surface area (Å²) in [5.74, 6) is 0.619. The highest BCUT2D eigenvalue weighted by Gasteiger charge is 2.55. The molecule has 0 spiro atoms. The van der Waals surface area contributed by atoms with Crippen molar-refractivity contribution in [3.05, 3.63) is 29.8 Å². The second-order valence-corrected chi connectivity index (χ2v) is 6.93. The first-order chi connectivity index (χ1) is 9.69. The van der Waals surface area contributed by atoms with Crippen LogP contribution in [0, 0.1) is 5.41 Å². The van der Waals surface area contributed by atoms with Crippen molar-refractivity contribution < 1.29 is 14.6 Å². The van der Waals surface area contributed by atoms with E-state index < -0.39 is 6.10 Å². The molecule has 0 bridgehead atoms. The third-order valence-corrected chi connectivity index (χ3v) is 4.89. The van der Waals surface area contributed by atoms with Crippen LogP contribution in [0.25, 0.3) is 0 Å². The third-order valence-electron chi connectivity index (χ3n) is 4.89. The van der Waals surface area contributed by atoms with Gasteiger partial charge in [0.05, 0.1) is 6.61 Å². The fraction of sp³-hybridized carbons (Fsp3) is 0.588. The predicted molar refractivity (Wildman–Crippen MR) is 82.0 cm³/mol. The van der Waals surface area contributed by atoms with Crippen LogP contribution >= 0.6 is 0 Å². The molecular weight excluding hydrogens is 266 g/mol. The molecule has 1 aromatic rings. The fourth-order valence-electron chi connectivity index (χ4n) is 2.61. The second kappa shape index (κ2) is 5.34. The molecule has 2 rings (SSSR count). The number of carbonyl (C=O) groups is 1. The van der Waals surface area contributed by atoms with Crippen molar-refractivity contribution in [2.24, 2.45) is 5.41 Å². The number of hydrogen-bond acceptors (Lipinski definition) is 3. The summed E-state index contributed by atoms with van der Waals surface area (Å²) in [5.41, 5.74) is 0.742. The maximum absolute atomic E-state index is 12.5. The molecular formula is C17H25NO3. The highest BCUT2D eigenvalue weighted by molar-refractivity contribution is 5.82. The Balaban J connectivity index is 2.04. The Labute approximate surface area is 126 Å². The number of rotatable bonds is 4. The van der Waals surface area contributed by atoms with Gasteiger partial charge in [0.2, 0.25) is 0 Å². The minimum absolute atomic E-state index is 0.00808. The first-order valence-electron chi connectivity index (χ1n) is 7.37. The third kappa shape index (κ3) is 2.77. The van der Waals surface area contributed by atoms with Crippen molar-refractivity contribution in [3.8, 4) is 5.75 Å². The van der Waals surface area contributed by atoms with Crippen LogP contribution in [0.2, 0.25) is 0 Å². The van der Waals surface area contributed by atoms with Crippen LogP contribution in [0.4, 0.5) is 0 Å². The molecule has 4 heteroatoms. The first kappa shape index (κ1) is 15.8. The van der Waals surface area contributed by atoms with E-state index in [2.05, 4.69) is 27.7 Å². The van der Waals surface area contributed by atoms with Crippen LogP contribution in [0.15, 0.2) is 24.3 Å². The van der Waals surface area contributed by atoms with Gasteiger partial charge in [-0.2, -0.15) is 0 Å². The lowest BCUT2D eigenvalue weighted by Gasteiger charge is -2.61. The zero-order valence-electron chi connectivity index (χ0n) is 13.5. The molecule has 0 aliphatic carbocycles. The van der Waals surface area contributed by atoms with Gasteiger partial charge in [-0.1, -0.05) is 26.0 Å². The molecule has 0 aromatic heterocycles. The minimum atomic E-state index is -0.533. The van der Waals surface area contributed by atoms with Gasteiger partial charge in [0, 0.05) is 17.5 Å². The Morgan fingerprint density at radius 3 is 2.57 bits per heavy atom. The quantitative estimate of drug-likeness (QED) is 0.927. The number of likely N-dealkylation sites (tertiary alicyclic amines) is 1. The lowest BCUT2D eigenvalue weighted by atomic mass is 9.65. The van der Waals surface area contributed by atoms with Crippen molar-refractivity contribution in [2.45, 2.75) is 52.9 Å². The number of ether oxygens (including phenoxy) is 1. The smallest absolute Gasteiger partial charge is 0.263 e. The minimum Gasteiger partial charge on any atom is -0.481 e. The van der Waals surface area contributed by atoms with Gasteiger partial charge in [-0.05, 0) is 38.5 Å². The van der Waals surface area contributed by atoms with E-state index in [0.717, 1.165) is 12.1 Å². The van der Waals surface area contributed by atoms with Crippen LogP contribution in [0.3, 0.4) is 0 Å². The van der Waals surface area contributed by atoms with Gasteiger partial charge < -0.3 is 14.7 Å². The number of amides is 1. The zero-order chi connectivity index (χ0) is 15.8. The molecule has 1 atom stereocenters. The predicted octanol–water partition coefficient (Wildman–Crippen LogP) is 2.59. The van der Waals surface area contributed by atoms with Gasteiger partial charge in [0.1, 0.15) is 5.75 Å². The Kier molecular flexibility index (Phi) is 4.02. The van der Waals surface area contributed by atoms with Gasteiger partial charge in [-0.3, -0.25) is 4.79 Å². The zero-order valence-corrected chi connectivity index (χ0v) is 13.5. The molecule has 21 heavy (non-hydrogen) atoms. The van der Waals surface area contributed by atoms with E-state index >= 15 is 0 Å². The molecule has 1 aromatic carbocycles. The summed E-state index contributed by atoms with van der Waals surface area (Å²) in [6, 6.07) is 7.19. The van der Waals surface area contributed by atoms with Crippen LogP contribution < -0.4 is 4.74 Å². The standard InChI is InChI=1S/C17H25NO3/c1-12(21-14-8-6-7-13(9-14)10-19)15(20)18-11-16(2,3)17(18,4)5/h6-9,12,19H,10-11H2,1-5H3. The Morgan fingerprint density at radius 2 is 2.05 bits per heavy atom. The lowest BCUT2D eigenvalue weighted by molar-refractivity contribution is -0.173. The summed E-state index contributed by atoms with van der Waals surface area (Å²) in [5, 5.41) is 9.14. The molecule has 1 amide bonds. The summed E-state index contributed by atoms with van der Waals surface area (Å²) in [7, 11) is 0. The normalized spacial score (nSPS) is 20.6. The molecule has 1 heterocycles. The van der Waals surface area contributed by atoms with Crippen molar-refractivity contribution in [2.75, 3.05) is 6.54 Å². The van der Waals surface area contributed by atoms with Crippen molar-refractivity contribution in [1.29, 1.82) is 0 Å². The SMILES string of the molecule is CC(Oc1cccc(CO)c1)C(=O)N1CC(C)(C)C1(C)C. The number of hydrogen-bond donors (Lipinski definition) is 1. The Morgan fingerprint density at radius 1 is 1.38 bits per heavy atom. The van der Waals surface area contributed by atoms with Crippen LogP contribution in [-0.4, -0.2) is 34.1 Å². The number of carbonyl (C=O) groups excluding carboxylic acids is 1. The molecule has 1 aliphatic heterocycles. The molecule has 4 nitrogen and oxygen atoms in total. The van der Waals surface area contributed by atoms with Crippen molar-refractivity contribution in [1.82, 2.24) is 4.90 Å². The van der Waals surface area contributed by atoms with Crippen LogP contribution in [0.1, 0.15) is 40.2 Å². The number of benzene rings is 1. The largest absolute Gasteiger partial charge is 0.481 e. The molecule has 1 aliphatic rings. The summed E-state index contributed by atoms with van der Waals surface area (Å²) >= 11 is 0. The van der Waals surface area contributed by atoms with Crippen LogP contribution in [0.5, 0.6) is 5.75 Å². The van der Waals surface area contributed by atoms with Gasteiger partial charge in [-0.15, -0.1) is 0 Å². The van der Waals surface area contributed by atoms with E-state index in [4.69, 9.17) is 9.84 Å². The van der Waals surface area contributed by atoms with Crippen molar-refractivity contribution in [3.63, 3.8) is 0 Å². The summed E-state index contributed by atoms with van der Waals surface area (Å²) < 4.78 is 5.73. The first-order valence-corrected chi connectivity index (χ1v) is 7.37. The molecule has 1 saturated heterocycles. The molecule has 0 radical (unpaired) electrons. The average Bonchev–Trinajstić information content (AvgIpc) is 2.44. The van der Waals surface area contributed by atoms with Gasteiger partial charge in [0.25, 0.3) is 5.91 Å². The van der Waals surface area contributed by atoms with Gasteiger partial charge in [-0.25, -0.2) is 0 Å². The Bertz CT molecular complexity index is 537. The lowest BCUT2D eigenvalue weighted by Crippen LogP contribution is -2.72. The maximum atomic E-state index is 12.5. The van der Waals surface area contributed by atoms with E-state index in [1.165, 1.54) is 0 Å². The maximum Gasteiger partial charge on any atom is 0.263 e. The monoisotopic (exact) mass is 291 g/mol. The average molecular weight is 291 g/mol. The molecule has 1 N–H and O–H groups in total. The molecule has 1 fully saturated rings.